The zero-order valence-electron chi connectivity index (χ0n) is 11.4. The van der Waals surface area contributed by atoms with Crippen molar-refractivity contribution in [3.05, 3.63) is 23.8 Å². The first-order valence-corrected chi connectivity index (χ1v) is 6.35. The topological polar surface area (TPSA) is 35.9 Å². The van der Waals surface area contributed by atoms with Gasteiger partial charge in [-0.1, -0.05) is 6.07 Å². The van der Waals surface area contributed by atoms with E-state index in [0.717, 1.165) is 19.6 Å². The SMILES string of the molecule is COc1cc(CN2CCC(N(C)C)C2)ccc1O. The third-order valence-corrected chi connectivity index (χ3v) is 3.63. The molecule has 1 unspecified atom stereocenters. The Hall–Kier alpha value is -1.26. The fourth-order valence-electron chi connectivity index (χ4n) is 2.46. The van der Waals surface area contributed by atoms with Gasteiger partial charge in [0.1, 0.15) is 0 Å². The van der Waals surface area contributed by atoms with Crippen molar-refractivity contribution in [3.63, 3.8) is 0 Å². The second-order valence-electron chi connectivity index (χ2n) is 5.15. The van der Waals surface area contributed by atoms with Crippen LogP contribution in [0.25, 0.3) is 0 Å². The molecule has 0 amide bonds. The number of benzene rings is 1. The van der Waals surface area contributed by atoms with Crippen LogP contribution < -0.4 is 4.74 Å². The van der Waals surface area contributed by atoms with Gasteiger partial charge in [0.05, 0.1) is 7.11 Å². The van der Waals surface area contributed by atoms with E-state index in [1.807, 2.05) is 12.1 Å². The standard InChI is InChI=1S/C14H22N2O2/c1-15(2)12-6-7-16(10-12)9-11-4-5-13(17)14(8-11)18-3/h4-5,8,12,17H,6-7,9-10H2,1-3H3. The fraction of sp³-hybridized carbons (Fsp3) is 0.571. The van der Waals surface area contributed by atoms with Crippen molar-refractivity contribution in [2.75, 3.05) is 34.3 Å². The van der Waals surface area contributed by atoms with Crippen LogP contribution in [0.3, 0.4) is 0 Å². The quantitative estimate of drug-likeness (QED) is 0.879. The first-order valence-electron chi connectivity index (χ1n) is 6.35. The summed E-state index contributed by atoms with van der Waals surface area (Å²) in [6, 6.07) is 6.23. The zero-order chi connectivity index (χ0) is 13.1. The lowest BCUT2D eigenvalue weighted by Gasteiger charge is -2.20. The van der Waals surface area contributed by atoms with Gasteiger partial charge in [-0.2, -0.15) is 0 Å². The lowest BCUT2D eigenvalue weighted by Crippen LogP contribution is -2.31. The van der Waals surface area contributed by atoms with Gasteiger partial charge in [0.2, 0.25) is 0 Å². The molecule has 100 valence electrons. The maximum absolute atomic E-state index is 9.57. The average Bonchev–Trinajstić information content (AvgIpc) is 2.80. The molecule has 0 aromatic heterocycles. The summed E-state index contributed by atoms with van der Waals surface area (Å²) < 4.78 is 5.13. The van der Waals surface area contributed by atoms with Crippen LogP contribution in [0.15, 0.2) is 18.2 Å². The summed E-state index contributed by atoms with van der Waals surface area (Å²) >= 11 is 0. The van der Waals surface area contributed by atoms with E-state index < -0.39 is 0 Å². The van der Waals surface area contributed by atoms with E-state index in [1.54, 1.807) is 13.2 Å². The van der Waals surface area contributed by atoms with E-state index in [-0.39, 0.29) is 5.75 Å². The highest BCUT2D eigenvalue weighted by Crippen LogP contribution is 2.27. The third-order valence-electron chi connectivity index (χ3n) is 3.63. The van der Waals surface area contributed by atoms with E-state index in [2.05, 4.69) is 23.9 Å². The smallest absolute Gasteiger partial charge is 0.160 e. The molecule has 18 heavy (non-hydrogen) atoms. The summed E-state index contributed by atoms with van der Waals surface area (Å²) in [5.41, 5.74) is 1.18. The second kappa shape index (κ2) is 5.59. The van der Waals surface area contributed by atoms with Gasteiger partial charge in [-0.3, -0.25) is 4.90 Å². The summed E-state index contributed by atoms with van der Waals surface area (Å²) in [6.07, 6.45) is 1.22. The molecule has 1 aromatic rings. The van der Waals surface area contributed by atoms with Crippen molar-refractivity contribution < 1.29 is 9.84 Å². The monoisotopic (exact) mass is 250 g/mol. The average molecular weight is 250 g/mol. The number of nitrogens with zero attached hydrogens (tertiary/aromatic N) is 2. The molecule has 1 heterocycles. The summed E-state index contributed by atoms with van der Waals surface area (Å²) in [4.78, 5) is 4.73. The number of rotatable bonds is 4. The number of phenols is 1. The van der Waals surface area contributed by atoms with Crippen molar-refractivity contribution in [1.82, 2.24) is 9.80 Å². The Morgan fingerprint density at radius 2 is 2.22 bits per heavy atom. The molecule has 1 N–H and O–H groups in total. The van der Waals surface area contributed by atoms with E-state index in [9.17, 15) is 5.11 Å². The predicted molar refractivity (Wildman–Crippen MR) is 72.0 cm³/mol. The molecule has 1 aliphatic rings. The Morgan fingerprint density at radius 3 is 2.83 bits per heavy atom. The molecule has 2 rings (SSSR count). The molecule has 0 radical (unpaired) electrons. The number of likely N-dealkylation sites (N-methyl/N-ethyl adjacent to an activating group) is 1. The van der Waals surface area contributed by atoms with Crippen molar-refractivity contribution in [2.24, 2.45) is 0 Å². The van der Waals surface area contributed by atoms with Crippen LogP contribution in [0, 0.1) is 0 Å². The van der Waals surface area contributed by atoms with Gasteiger partial charge in [0, 0.05) is 25.7 Å². The Kier molecular flexibility index (Phi) is 4.09. The molecule has 0 spiro atoms. The molecule has 1 atom stereocenters. The number of hydrogen-bond acceptors (Lipinski definition) is 4. The lowest BCUT2D eigenvalue weighted by molar-refractivity contribution is 0.264. The Balaban J connectivity index is 1.98. The Morgan fingerprint density at radius 1 is 1.44 bits per heavy atom. The van der Waals surface area contributed by atoms with Crippen LogP contribution in [-0.4, -0.2) is 55.2 Å². The maximum Gasteiger partial charge on any atom is 0.160 e. The minimum Gasteiger partial charge on any atom is -0.504 e. The number of phenolic OH excluding ortho intramolecular Hbond substituents is 1. The van der Waals surface area contributed by atoms with Crippen LogP contribution in [-0.2, 0) is 6.54 Å². The Labute approximate surface area is 109 Å². The minimum atomic E-state index is 0.203. The number of likely N-dealkylation sites (tertiary alicyclic amines) is 1. The van der Waals surface area contributed by atoms with Crippen LogP contribution in [0.5, 0.6) is 11.5 Å². The predicted octanol–water partition coefficient (Wildman–Crippen LogP) is 1.54. The van der Waals surface area contributed by atoms with Crippen LogP contribution in [0.2, 0.25) is 0 Å². The van der Waals surface area contributed by atoms with Crippen LogP contribution >= 0.6 is 0 Å². The minimum absolute atomic E-state index is 0.203. The molecule has 0 aliphatic carbocycles. The summed E-state index contributed by atoms with van der Waals surface area (Å²) in [7, 11) is 5.85. The largest absolute Gasteiger partial charge is 0.504 e. The lowest BCUT2D eigenvalue weighted by atomic mass is 10.2. The van der Waals surface area contributed by atoms with Gasteiger partial charge in [-0.25, -0.2) is 0 Å². The van der Waals surface area contributed by atoms with Crippen LogP contribution in [0.1, 0.15) is 12.0 Å². The highest BCUT2D eigenvalue weighted by Gasteiger charge is 2.23. The molecule has 0 bridgehead atoms. The van der Waals surface area contributed by atoms with Crippen molar-refractivity contribution >= 4 is 0 Å². The van der Waals surface area contributed by atoms with E-state index in [1.165, 1.54) is 12.0 Å². The number of ether oxygens (including phenoxy) is 1. The second-order valence-corrected chi connectivity index (χ2v) is 5.15. The molecule has 1 aromatic carbocycles. The molecule has 1 fully saturated rings. The maximum atomic E-state index is 9.57. The highest BCUT2D eigenvalue weighted by atomic mass is 16.5. The van der Waals surface area contributed by atoms with Gasteiger partial charge < -0.3 is 14.7 Å². The van der Waals surface area contributed by atoms with Gasteiger partial charge in [0.15, 0.2) is 11.5 Å². The Bertz CT molecular complexity index is 407. The van der Waals surface area contributed by atoms with E-state index >= 15 is 0 Å². The first kappa shape index (κ1) is 13.2. The van der Waals surface area contributed by atoms with E-state index in [4.69, 9.17) is 4.74 Å². The summed E-state index contributed by atoms with van der Waals surface area (Å²) in [5, 5.41) is 9.57. The molecule has 1 aliphatic heterocycles. The van der Waals surface area contributed by atoms with E-state index in [0.29, 0.717) is 11.8 Å². The van der Waals surface area contributed by atoms with Gasteiger partial charge in [-0.05, 0) is 38.2 Å². The van der Waals surface area contributed by atoms with Crippen molar-refractivity contribution in [3.8, 4) is 11.5 Å². The zero-order valence-corrected chi connectivity index (χ0v) is 11.4. The first-order chi connectivity index (χ1) is 8.60. The molecule has 4 nitrogen and oxygen atoms in total. The number of hydrogen-bond donors (Lipinski definition) is 1. The molecule has 1 saturated heterocycles. The fourth-order valence-corrected chi connectivity index (χ4v) is 2.46. The molecule has 0 saturated carbocycles. The van der Waals surface area contributed by atoms with Crippen molar-refractivity contribution in [1.29, 1.82) is 0 Å². The normalized spacial score (nSPS) is 20.6. The van der Waals surface area contributed by atoms with Gasteiger partial charge in [0.25, 0.3) is 0 Å². The summed E-state index contributed by atoms with van der Waals surface area (Å²) in [5.74, 6) is 0.754. The summed E-state index contributed by atoms with van der Waals surface area (Å²) in [6.45, 7) is 3.16. The van der Waals surface area contributed by atoms with Crippen LogP contribution in [0.4, 0.5) is 0 Å². The van der Waals surface area contributed by atoms with Gasteiger partial charge in [-0.15, -0.1) is 0 Å². The third kappa shape index (κ3) is 2.94. The van der Waals surface area contributed by atoms with Crippen molar-refractivity contribution in [2.45, 2.75) is 19.0 Å². The number of methoxy groups -OCH3 is 1. The molecular formula is C14H22N2O2. The highest BCUT2D eigenvalue weighted by molar-refractivity contribution is 5.41. The molecular weight excluding hydrogens is 228 g/mol. The van der Waals surface area contributed by atoms with Gasteiger partial charge >= 0.3 is 0 Å². The number of aromatic hydroxyl groups is 1. The molecule has 4 heteroatoms.